The standard InChI is InChI=1S/2C13H19F2NO.C13H15F2NO.C9H17BO2.C7H5Br2F2NO.C7H7F2NO/c3*1-7(2)10-5-9(17-13(14)15)6-11(8(3)4)12(10)16;1-7(2)10-11-8(3,4)9(5,6)12-10;8-4-1-3(13-7(10)11)2-5(9)6(4)12;8-7(9)11-6-3-1-5(10)2-4-6/h2*5-8,13H,16H2,1-4H3;5-6,13H,1,3,16H2,2,4H3;1H2,2-6H3;1-2,7H,12H2;1-4,7H,10H2. The predicted molar refractivity (Wildman–Crippen MR) is 340 cm³/mol. The Balaban J connectivity index is 0.000000526. The molecule has 0 atom stereocenters. The summed E-state index contributed by atoms with van der Waals surface area (Å²) < 4.78 is 154. The lowest BCUT2D eigenvalue weighted by molar-refractivity contribution is -0.0506. The third kappa shape index (κ3) is 26.4. The highest BCUT2D eigenvalue weighted by atomic mass is 79.9. The molecule has 5 aromatic rings. The lowest BCUT2D eigenvalue weighted by Gasteiger charge is -2.32. The summed E-state index contributed by atoms with van der Waals surface area (Å²) in [6.45, 7) is 26.6. The minimum atomic E-state index is -2.87. The molecule has 1 aliphatic heterocycles. The molecule has 0 saturated carbocycles. The number of allylic oxidation sites excluding steroid dienone is 3. The van der Waals surface area contributed by atoms with Gasteiger partial charge in [0.05, 0.1) is 16.9 Å². The zero-order valence-electron chi connectivity index (χ0n) is 51.6. The van der Waals surface area contributed by atoms with E-state index in [1.54, 1.807) is 38.1 Å². The SMILES string of the molecule is C=C(C)B1OC(C)(C)C(C)(C)O1.C=C(C)c1cc(OC(F)F)cc(C(=C)C)c1N.CC(C)c1cc(OC(F)F)cc(C(C)C)c1N.CC(C)c1cc(OC(F)F)cc(C(C)C)c1N.Nc1c(Br)cc(OC(F)F)cc1Br.Nc1ccc(OC(F)F)cc1. The number of alkyl halides is 10. The van der Waals surface area contributed by atoms with Gasteiger partial charge in [-0.05, 0) is 210 Å². The smallest absolute Gasteiger partial charge is 0.435 e. The number of halogens is 12. The number of rotatable bonds is 17. The first-order valence-corrected chi connectivity index (χ1v) is 28.5. The first-order valence-electron chi connectivity index (χ1n) is 26.9. The van der Waals surface area contributed by atoms with Crippen molar-refractivity contribution in [3.63, 3.8) is 0 Å². The van der Waals surface area contributed by atoms with Gasteiger partial charge in [-0.1, -0.05) is 74.0 Å². The van der Waals surface area contributed by atoms with Gasteiger partial charge in [-0.2, -0.15) is 43.9 Å². The van der Waals surface area contributed by atoms with Gasteiger partial charge in [-0.3, -0.25) is 0 Å². The molecule has 0 bridgehead atoms. The van der Waals surface area contributed by atoms with Crippen LogP contribution in [0.2, 0.25) is 0 Å². The van der Waals surface area contributed by atoms with Crippen LogP contribution < -0.4 is 52.4 Å². The van der Waals surface area contributed by atoms with E-state index in [0.29, 0.717) is 59.7 Å². The van der Waals surface area contributed by atoms with E-state index in [-0.39, 0.29) is 70.7 Å². The first kappa shape index (κ1) is 78.6. The number of nitrogens with two attached hydrogens (primary N) is 5. The van der Waals surface area contributed by atoms with Crippen LogP contribution in [-0.4, -0.2) is 51.4 Å². The Morgan fingerprint density at radius 2 is 0.667 bits per heavy atom. The van der Waals surface area contributed by atoms with E-state index in [4.69, 9.17) is 38.0 Å². The minimum absolute atomic E-state index is 0.0583. The lowest BCUT2D eigenvalue weighted by atomic mass is 9.81. The van der Waals surface area contributed by atoms with E-state index in [0.717, 1.165) is 27.7 Å². The highest BCUT2D eigenvalue weighted by Gasteiger charge is 2.51. The Morgan fingerprint density at radius 3 is 0.897 bits per heavy atom. The summed E-state index contributed by atoms with van der Waals surface area (Å²) in [5.41, 5.74) is 38.1. The van der Waals surface area contributed by atoms with Crippen LogP contribution >= 0.6 is 31.9 Å². The van der Waals surface area contributed by atoms with Crippen LogP contribution in [0, 0.1) is 0 Å². The molecule has 6 rings (SSSR count). The molecule has 1 fully saturated rings. The van der Waals surface area contributed by atoms with Gasteiger partial charge in [-0.15, -0.1) is 6.58 Å². The molecule has 0 radical (unpaired) electrons. The highest BCUT2D eigenvalue weighted by molar-refractivity contribution is 9.11. The number of anilines is 5. The summed E-state index contributed by atoms with van der Waals surface area (Å²) in [6.07, 6.45) is 0. The molecule has 0 amide bonds. The third-order valence-electron chi connectivity index (χ3n) is 12.7. The molecule has 87 heavy (non-hydrogen) atoms. The summed E-state index contributed by atoms with van der Waals surface area (Å²) in [5, 5.41) is 0. The maximum absolute atomic E-state index is 12.2. The van der Waals surface area contributed by atoms with Crippen LogP contribution in [0.15, 0.2) is 107 Å². The number of benzene rings is 5. The van der Waals surface area contributed by atoms with Crippen LogP contribution in [0.3, 0.4) is 0 Å². The van der Waals surface area contributed by atoms with Gasteiger partial charge in [-0.25, -0.2) is 0 Å². The van der Waals surface area contributed by atoms with Crippen molar-refractivity contribution >= 4 is 78.6 Å². The number of hydrogen-bond donors (Lipinski definition) is 5. The second-order valence-corrected chi connectivity index (χ2v) is 23.5. The minimum Gasteiger partial charge on any atom is -0.435 e. The zero-order valence-corrected chi connectivity index (χ0v) is 54.8. The maximum Gasteiger partial charge on any atom is 0.489 e. The molecule has 0 spiro atoms. The van der Waals surface area contributed by atoms with Crippen LogP contribution in [0.1, 0.15) is 161 Å². The van der Waals surface area contributed by atoms with Gasteiger partial charge < -0.3 is 61.7 Å². The number of nitrogen functional groups attached to an aromatic ring is 5. The van der Waals surface area contributed by atoms with Crippen molar-refractivity contribution in [1.29, 1.82) is 0 Å². The molecule has 1 saturated heterocycles. The molecule has 0 aliphatic carbocycles. The molecule has 5 aromatic carbocycles. The number of hydrogen-bond acceptors (Lipinski definition) is 12. The Bertz CT molecular complexity index is 2820. The van der Waals surface area contributed by atoms with Gasteiger partial charge in [0.1, 0.15) is 28.7 Å². The van der Waals surface area contributed by atoms with Gasteiger partial charge in [0.2, 0.25) is 0 Å². The van der Waals surface area contributed by atoms with Crippen molar-refractivity contribution in [2.45, 2.75) is 172 Å². The van der Waals surface area contributed by atoms with E-state index in [1.807, 2.05) is 90.0 Å². The average Bonchev–Trinajstić information content (AvgIpc) is 3.37. The van der Waals surface area contributed by atoms with Crippen LogP contribution in [0.25, 0.3) is 11.1 Å². The van der Waals surface area contributed by atoms with Crippen molar-refractivity contribution in [2.24, 2.45) is 0 Å². The van der Waals surface area contributed by atoms with Crippen molar-refractivity contribution in [1.82, 2.24) is 0 Å². The first-order chi connectivity index (χ1) is 39.9. The van der Waals surface area contributed by atoms with E-state index < -0.39 is 33.1 Å². The van der Waals surface area contributed by atoms with E-state index in [9.17, 15) is 43.9 Å². The Morgan fingerprint density at radius 1 is 0.414 bits per heavy atom. The van der Waals surface area contributed by atoms with Crippen LogP contribution in [0.5, 0.6) is 28.7 Å². The van der Waals surface area contributed by atoms with E-state index in [1.165, 1.54) is 48.5 Å². The molecule has 1 heterocycles. The molecule has 10 N–H and O–H groups in total. The Hall–Kier alpha value is -6.44. The summed E-state index contributed by atoms with van der Waals surface area (Å²) >= 11 is 6.21. The fraction of sp³-hybridized carbons (Fsp3) is 0.419. The average molecular weight is 1370 g/mol. The summed E-state index contributed by atoms with van der Waals surface area (Å²) in [7, 11) is -0.241. The summed E-state index contributed by atoms with van der Waals surface area (Å²) in [6, 6.07) is 17.8. The summed E-state index contributed by atoms with van der Waals surface area (Å²) in [5.74, 6) is 1.30. The molecule has 25 heteroatoms. The van der Waals surface area contributed by atoms with Gasteiger partial charge in [0.25, 0.3) is 0 Å². The quantitative estimate of drug-likeness (QED) is 0.0336. The molecule has 0 unspecified atom stereocenters. The molecule has 1 aliphatic rings. The second kappa shape index (κ2) is 35.5. The maximum atomic E-state index is 12.2. The largest absolute Gasteiger partial charge is 0.489 e. The van der Waals surface area contributed by atoms with Crippen molar-refractivity contribution < 1.29 is 76.9 Å². The summed E-state index contributed by atoms with van der Waals surface area (Å²) in [4.78, 5) is 0. The zero-order chi connectivity index (χ0) is 67.3. The van der Waals surface area contributed by atoms with Gasteiger partial charge in [0, 0.05) is 42.8 Å². The molecule has 12 nitrogen and oxygen atoms in total. The molecular formula is C62H82BBr2F10N5O7. The normalized spacial score (nSPS) is 13.0. The molecule has 0 aromatic heterocycles. The highest BCUT2D eigenvalue weighted by Crippen LogP contribution is 2.40. The topological polar surface area (TPSA) is 195 Å². The van der Waals surface area contributed by atoms with Crippen molar-refractivity contribution in [3.05, 3.63) is 140 Å². The van der Waals surface area contributed by atoms with Crippen LogP contribution in [-0.2, 0) is 9.31 Å². The second-order valence-electron chi connectivity index (χ2n) is 21.8. The fourth-order valence-electron chi connectivity index (χ4n) is 7.52. The van der Waals surface area contributed by atoms with E-state index >= 15 is 0 Å². The fourth-order valence-corrected chi connectivity index (χ4v) is 8.67. The molecular weight excluding hydrogens is 1290 g/mol. The van der Waals surface area contributed by atoms with Gasteiger partial charge in [0.15, 0.2) is 0 Å². The Kier molecular flexibility index (Phi) is 32.1. The number of ether oxygens (including phenoxy) is 5. The molecule has 484 valence electrons. The third-order valence-corrected chi connectivity index (χ3v) is 14.0. The predicted octanol–water partition coefficient (Wildman–Crippen LogP) is 19.6. The van der Waals surface area contributed by atoms with E-state index in [2.05, 4.69) is 75.3 Å². The van der Waals surface area contributed by atoms with Crippen molar-refractivity contribution in [3.8, 4) is 28.7 Å². The Labute approximate surface area is 522 Å². The van der Waals surface area contributed by atoms with Gasteiger partial charge >= 0.3 is 40.2 Å². The van der Waals surface area contributed by atoms with Crippen molar-refractivity contribution in [2.75, 3.05) is 28.7 Å². The monoisotopic (exact) mass is 1370 g/mol. The van der Waals surface area contributed by atoms with Crippen LogP contribution in [0.4, 0.5) is 72.3 Å². The lowest BCUT2D eigenvalue weighted by Crippen LogP contribution is -2.41.